The Labute approximate surface area is 218 Å². The van der Waals surface area contributed by atoms with Crippen molar-refractivity contribution in [2.24, 2.45) is 5.41 Å². The lowest BCUT2D eigenvalue weighted by Crippen LogP contribution is -2.37. The van der Waals surface area contributed by atoms with Gasteiger partial charge in [-0.05, 0) is 25.0 Å². The van der Waals surface area contributed by atoms with Crippen molar-refractivity contribution in [2.45, 2.75) is 62.8 Å². The van der Waals surface area contributed by atoms with E-state index in [0.717, 1.165) is 50.3 Å². The maximum Gasteiger partial charge on any atom is 0.534 e. The number of hydrogen-bond acceptors (Lipinski definition) is 7. The first-order valence-corrected chi connectivity index (χ1v) is 15.2. The molecule has 0 saturated heterocycles. The van der Waals surface area contributed by atoms with E-state index in [0.29, 0.717) is 12.2 Å². The average molecular weight is 566 g/mol. The first kappa shape index (κ1) is 29.4. The molecule has 3 rings (SSSR count). The maximum atomic E-state index is 13.1. The number of para-hydroxylation sites is 1. The number of unbranched alkanes of at least 4 members (excludes halogenated alkanes) is 2. The van der Waals surface area contributed by atoms with E-state index in [4.69, 9.17) is 4.74 Å². The Bertz CT molecular complexity index is 1160. The van der Waals surface area contributed by atoms with Crippen LogP contribution in [0.1, 0.15) is 52.4 Å². The molecule has 1 heterocycles. The molecule has 0 amide bonds. The first-order valence-electron chi connectivity index (χ1n) is 12.1. The van der Waals surface area contributed by atoms with Gasteiger partial charge in [0.15, 0.2) is 11.5 Å². The van der Waals surface area contributed by atoms with Crippen LogP contribution in [0.4, 0.5) is 24.5 Å². The molecule has 2 aromatic carbocycles. The molecule has 37 heavy (non-hydrogen) atoms. The fourth-order valence-corrected chi connectivity index (χ4v) is 7.38. The van der Waals surface area contributed by atoms with Gasteiger partial charge in [0.2, 0.25) is 0 Å². The zero-order valence-corrected chi connectivity index (χ0v) is 22.8. The minimum atomic E-state index is -6.02. The third-order valence-electron chi connectivity index (χ3n) is 6.56. The molecule has 0 atom stereocenters. The minimum Gasteiger partial charge on any atom is -0.493 e. The van der Waals surface area contributed by atoms with E-state index >= 15 is 0 Å². The van der Waals surface area contributed by atoms with Crippen LogP contribution >= 0.6 is 10.6 Å². The molecule has 2 N–H and O–H groups in total. The van der Waals surface area contributed by atoms with Gasteiger partial charge in [-0.25, -0.2) is 0 Å². The second-order valence-electron chi connectivity index (χ2n) is 9.39. The predicted molar refractivity (Wildman–Crippen MR) is 140 cm³/mol. The van der Waals surface area contributed by atoms with E-state index in [9.17, 15) is 30.7 Å². The summed E-state index contributed by atoms with van der Waals surface area (Å²) in [6.07, 6.45) is 4.98. The first-order chi connectivity index (χ1) is 17.3. The highest BCUT2D eigenvalue weighted by atomic mass is 32.3. The van der Waals surface area contributed by atoms with E-state index in [1.165, 1.54) is 13.2 Å². The molecule has 0 aromatic heterocycles. The summed E-state index contributed by atoms with van der Waals surface area (Å²) in [5.41, 5.74) is -5.11. The number of alkyl halides is 3. The van der Waals surface area contributed by atoms with Gasteiger partial charge in [-0.15, -0.1) is 0 Å². The molecule has 0 fully saturated rings. The maximum absolute atomic E-state index is 13.1. The fraction of sp³-hybridized carbons (Fsp3) is 0.520. The van der Waals surface area contributed by atoms with Crippen LogP contribution in [-0.2, 0) is 10.1 Å². The zero-order valence-electron chi connectivity index (χ0n) is 21.1. The molecule has 12 heteroatoms. The highest BCUT2D eigenvalue weighted by Gasteiger charge is 2.49. The molecule has 7 nitrogen and oxygen atoms in total. The van der Waals surface area contributed by atoms with Crippen LogP contribution in [0.2, 0.25) is 0 Å². The predicted octanol–water partition coefficient (Wildman–Crippen LogP) is 7.55. The number of halogens is 3. The summed E-state index contributed by atoms with van der Waals surface area (Å²) in [6, 6.07) is 11.5. The van der Waals surface area contributed by atoms with Crippen LogP contribution in [0, 0.1) is 5.41 Å². The Morgan fingerprint density at radius 2 is 1.62 bits per heavy atom. The normalized spacial score (nSPS) is 18.0. The summed E-state index contributed by atoms with van der Waals surface area (Å²) in [4.78, 5) is 1.83. The van der Waals surface area contributed by atoms with E-state index in [1.807, 2.05) is 35.2 Å². The van der Waals surface area contributed by atoms with E-state index in [-0.39, 0.29) is 16.4 Å². The van der Waals surface area contributed by atoms with Crippen molar-refractivity contribution >= 4 is 32.1 Å². The molecule has 0 radical (unpaired) electrons. The van der Waals surface area contributed by atoms with Gasteiger partial charge in [0.1, 0.15) is 0 Å². The van der Waals surface area contributed by atoms with Crippen LogP contribution in [0.15, 0.2) is 47.4 Å². The lowest BCUT2D eigenvalue weighted by Gasteiger charge is -2.42. The van der Waals surface area contributed by atoms with Gasteiger partial charge in [-0.2, -0.15) is 32.2 Å². The molecule has 0 unspecified atom stereocenters. The molecule has 0 saturated carbocycles. The Hall–Kier alpha value is -2.15. The number of benzene rings is 2. The van der Waals surface area contributed by atoms with Gasteiger partial charge in [-0.3, -0.25) is 9.11 Å². The summed E-state index contributed by atoms with van der Waals surface area (Å²) in [7, 11) is -8.43. The Kier molecular flexibility index (Phi) is 8.98. The van der Waals surface area contributed by atoms with Gasteiger partial charge >= 0.3 is 15.6 Å². The summed E-state index contributed by atoms with van der Waals surface area (Å²) in [5, 5.41) is 0. The Morgan fingerprint density at radius 3 is 2.14 bits per heavy atom. The molecule has 1 aliphatic rings. The van der Waals surface area contributed by atoms with Crippen molar-refractivity contribution in [3.8, 4) is 11.5 Å². The molecule has 1 aliphatic heterocycles. The van der Waals surface area contributed by atoms with Crippen molar-refractivity contribution < 1.29 is 39.6 Å². The lowest BCUT2D eigenvalue weighted by atomic mass is 9.79. The molecular weight excluding hydrogens is 531 g/mol. The Morgan fingerprint density at radius 1 is 1.03 bits per heavy atom. The van der Waals surface area contributed by atoms with Gasteiger partial charge in [0.05, 0.1) is 17.7 Å². The monoisotopic (exact) mass is 565 g/mol. The van der Waals surface area contributed by atoms with Gasteiger partial charge in [0.25, 0.3) is 0 Å². The number of anilines is 2. The van der Waals surface area contributed by atoms with Crippen molar-refractivity contribution in [1.82, 2.24) is 0 Å². The number of nitrogens with zero attached hydrogens (tertiary/aromatic N) is 1. The van der Waals surface area contributed by atoms with Crippen molar-refractivity contribution in [1.29, 1.82) is 0 Å². The standard InChI is InChI=1S/C25H34F3NO6S2/c1-4-6-13-24(14-7-5-2)17-29(19-11-9-8-10-12-19)20-15-21(34-3)22(16-23(20)36(30,31)18-24)35-37(32,33)25(26,27)28/h8-12,15-16,30-31H,4-7,13-14,17-18H2,1-3H3. The van der Waals surface area contributed by atoms with E-state index in [2.05, 4.69) is 18.0 Å². The van der Waals surface area contributed by atoms with Crippen LogP contribution in [0.5, 0.6) is 11.5 Å². The van der Waals surface area contributed by atoms with Crippen LogP contribution in [0.3, 0.4) is 0 Å². The SMILES string of the molecule is CCCCC1(CCCC)CN(c2ccccc2)c2cc(OC)c(OS(=O)(=O)C(F)(F)F)cc2S(O)(O)C1. The summed E-state index contributed by atoms with van der Waals surface area (Å²) in [6.45, 7) is 4.55. The van der Waals surface area contributed by atoms with Gasteiger partial charge in [-0.1, -0.05) is 57.7 Å². The largest absolute Gasteiger partial charge is 0.534 e. The quantitative estimate of drug-likeness (QED) is 0.227. The van der Waals surface area contributed by atoms with Crippen molar-refractivity contribution in [2.75, 3.05) is 24.3 Å². The zero-order chi connectivity index (χ0) is 27.5. The van der Waals surface area contributed by atoms with Gasteiger partial charge in [0, 0.05) is 35.5 Å². The molecule has 0 bridgehead atoms. The minimum absolute atomic E-state index is 0.00583. The van der Waals surface area contributed by atoms with Crippen LogP contribution in [0.25, 0.3) is 0 Å². The highest BCUT2D eigenvalue weighted by Crippen LogP contribution is 2.62. The number of rotatable bonds is 10. The molecule has 0 aliphatic carbocycles. The van der Waals surface area contributed by atoms with Crippen molar-refractivity contribution in [3.05, 3.63) is 42.5 Å². The topological polar surface area (TPSA) is 96.3 Å². The highest BCUT2D eigenvalue weighted by molar-refractivity contribution is 8.24. The number of hydrogen-bond donors (Lipinski definition) is 2. The third-order valence-corrected chi connectivity index (χ3v) is 9.57. The number of fused-ring (bicyclic) bond motifs is 1. The summed E-state index contributed by atoms with van der Waals surface area (Å²) >= 11 is 0. The van der Waals surface area contributed by atoms with Crippen LogP contribution in [-0.4, -0.2) is 42.4 Å². The molecular formula is C25H34F3NO6S2. The molecule has 0 spiro atoms. The number of ether oxygens (including phenoxy) is 1. The van der Waals surface area contributed by atoms with Crippen LogP contribution < -0.4 is 13.8 Å². The van der Waals surface area contributed by atoms with Gasteiger partial charge < -0.3 is 13.8 Å². The smallest absolute Gasteiger partial charge is 0.493 e. The number of methoxy groups -OCH3 is 1. The molecule has 208 valence electrons. The third kappa shape index (κ3) is 6.47. The fourth-order valence-electron chi connectivity index (χ4n) is 4.73. The van der Waals surface area contributed by atoms with E-state index < -0.39 is 37.4 Å². The second-order valence-corrected chi connectivity index (χ2v) is 13.0. The van der Waals surface area contributed by atoms with Crippen molar-refractivity contribution in [3.63, 3.8) is 0 Å². The summed E-state index contributed by atoms with van der Waals surface area (Å²) in [5.74, 6) is -1.05. The molecule has 2 aromatic rings. The Balaban J connectivity index is 2.26. The summed E-state index contributed by atoms with van der Waals surface area (Å²) < 4.78 is 95.4. The van der Waals surface area contributed by atoms with E-state index in [1.54, 1.807) is 0 Å². The second kappa shape index (κ2) is 11.3. The lowest BCUT2D eigenvalue weighted by molar-refractivity contribution is -0.0500. The average Bonchev–Trinajstić information content (AvgIpc) is 2.93.